The van der Waals surface area contributed by atoms with Crippen LogP contribution < -0.4 is 0 Å². The van der Waals surface area contributed by atoms with E-state index in [1.54, 1.807) is 4.31 Å². The Morgan fingerprint density at radius 1 is 0.962 bits per heavy atom. The lowest BCUT2D eigenvalue weighted by Gasteiger charge is -2.43. The van der Waals surface area contributed by atoms with Crippen LogP contribution in [-0.4, -0.2) is 42.8 Å². The first kappa shape index (κ1) is 19.6. The van der Waals surface area contributed by atoms with Gasteiger partial charge in [0.15, 0.2) is 0 Å². The van der Waals surface area contributed by atoms with Crippen LogP contribution in [0.1, 0.15) is 19.4 Å². The number of nitrogens with zero attached hydrogens (tertiary/aromatic N) is 2. The van der Waals surface area contributed by atoms with E-state index in [1.165, 1.54) is 23.8 Å². The Morgan fingerprint density at radius 2 is 1.58 bits per heavy atom. The van der Waals surface area contributed by atoms with Gasteiger partial charge in [0.2, 0.25) is 10.0 Å². The Bertz CT molecular complexity index is 862. The molecule has 1 saturated heterocycles. The number of piperazine rings is 1. The van der Waals surface area contributed by atoms with Crippen molar-refractivity contribution in [2.24, 2.45) is 0 Å². The van der Waals surface area contributed by atoms with Gasteiger partial charge >= 0.3 is 0 Å². The van der Waals surface area contributed by atoms with E-state index in [4.69, 9.17) is 23.2 Å². The molecular weight excluding hydrogens is 391 g/mol. The number of hydrogen-bond acceptors (Lipinski definition) is 3. The molecule has 0 bridgehead atoms. The third-order valence-corrected chi connectivity index (χ3v) is 7.37. The van der Waals surface area contributed by atoms with Gasteiger partial charge in [0, 0.05) is 31.7 Å². The molecule has 0 saturated carbocycles. The molecule has 2 aromatic carbocycles. The second kappa shape index (κ2) is 7.87. The Kier molecular flexibility index (Phi) is 5.94. The lowest BCUT2D eigenvalue weighted by atomic mass is 10.1. The molecule has 0 aliphatic carbocycles. The number of hydrogen-bond donors (Lipinski definition) is 0. The van der Waals surface area contributed by atoms with Crippen molar-refractivity contribution in [1.29, 1.82) is 0 Å². The summed E-state index contributed by atoms with van der Waals surface area (Å²) in [5.74, 6) is 0. The second-order valence-electron chi connectivity index (χ2n) is 6.75. The molecule has 2 unspecified atom stereocenters. The molecular formula is C19H22Cl2N2O2S. The monoisotopic (exact) mass is 412 g/mol. The Hall–Kier alpha value is -1.11. The zero-order valence-corrected chi connectivity index (χ0v) is 17.1. The minimum absolute atomic E-state index is 0.108. The molecule has 1 aliphatic rings. The fourth-order valence-corrected chi connectivity index (χ4v) is 5.39. The van der Waals surface area contributed by atoms with Crippen molar-refractivity contribution in [3.63, 3.8) is 0 Å². The van der Waals surface area contributed by atoms with Crippen LogP contribution in [0.5, 0.6) is 0 Å². The van der Waals surface area contributed by atoms with E-state index < -0.39 is 10.0 Å². The normalized spacial score (nSPS) is 22.5. The van der Waals surface area contributed by atoms with Gasteiger partial charge in [0.25, 0.3) is 0 Å². The Balaban J connectivity index is 1.78. The van der Waals surface area contributed by atoms with Crippen molar-refractivity contribution >= 4 is 33.2 Å². The van der Waals surface area contributed by atoms with Gasteiger partial charge in [-0.2, -0.15) is 4.31 Å². The third-order valence-electron chi connectivity index (χ3n) is 4.80. The minimum Gasteiger partial charge on any atom is -0.291 e. The maximum atomic E-state index is 13.0. The Morgan fingerprint density at radius 3 is 2.15 bits per heavy atom. The zero-order chi connectivity index (χ0) is 18.9. The molecule has 26 heavy (non-hydrogen) atoms. The molecule has 1 heterocycles. The summed E-state index contributed by atoms with van der Waals surface area (Å²) in [6.45, 7) is 5.83. The van der Waals surface area contributed by atoms with E-state index in [0.717, 1.165) is 6.54 Å². The van der Waals surface area contributed by atoms with Gasteiger partial charge in [-0.15, -0.1) is 0 Å². The Labute approximate surface area is 165 Å². The molecule has 0 radical (unpaired) electrons. The smallest absolute Gasteiger partial charge is 0.243 e. The summed E-state index contributed by atoms with van der Waals surface area (Å²) < 4.78 is 27.6. The average molecular weight is 413 g/mol. The topological polar surface area (TPSA) is 40.6 Å². The summed E-state index contributed by atoms with van der Waals surface area (Å²) in [4.78, 5) is 2.53. The number of benzene rings is 2. The van der Waals surface area contributed by atoms with Gasteiger partial charge in [-0.25, -0.2) is 8.42 Å². The van der Waals surface area contributed by atoms with Crippen LogP contribution in [0.3, 0.4) is 0 Å². The summed E-state index contributed by atoms with van der Waals surface area (Å²) in [5.41, 5.74) is 1.23. The molecule has 0 N–H and O–H groups in total. The maximum absolute atomic E-state index is 13.0. The van der Waals surface area contributed by atoms with Gasteiger partial charge in [-0.1, -0.05) is 53.5 Å². The summed E-state index contributed by atoms with van der Waals surface area (Å²) in [6.07, 6.45) is 0. The van der Waals surface area contributed by atoms with Crippen LogP contribution in [0.25, 0.3) is 0 Å². The second-order valence-corrected chi connectivity index (χ2v) is 9.51. The van der Waals surface area contributed by atoms with Gasteiger partial charge in [-0.05, 0) is 37.6 Å². The van der Waals surface area contributed by atoms with E-state index in [-0.39, 0.29) is 22.0 Å². The largest absolute Gasteiger partial charge is 0.291 e. The number of sulfonamides is 1. The quantitative estimate of drug-likeness (QED) is 0.752. The zero-order valence-electron chi connectivity index (χ0n) is 14.8. The predicted molar refractivity (Wildman–Crippen MR) is 106 cm³/mol. The first-order chi connectivity index (χ1) is 12.3. The van der Waals surface area contributed by atoms with Gasteiger partial charge < -0.3 is 0 Å². The molecule has 2 atom stereocenters. The van der Waals surface area contributed by atoms with Crippen LogP contribution in [0, 0.1) is 0 Å². The van der Waals surface area contributed by atoms with Gasteiger partial charge in [0.1, 0.15) is 0 Å². The molecule has 3 rings (SSSR count). The van der Waals surface area contributed by atoms with Gasteiger partial charge in [-0.3, -0.25) is 4.90 Å². The molecule has 4 nitrogen and oxygen atoms in total. The third kappa shape index (κ3) is 4.07. The first-order valence-corrected chi connectivity index (χ1v) is 10.7. The van der Waals surface area contributed by atoms with Crippen LogP contribution in [0.15, 0.2) is 53.4 Å². The highest BCUT2D eigenvalue weighted by Crippen LogP contribution is 2.29. The van der Waals surface area contributed by atoms with E-state index in [9.17, 15) is 8.42 Å². The first-order valence-electron chi connectivity index (χ1n) is 8.54. The lowest BCUT2D eigenvalue weighted by molar-refractivity contribution is 0.0699. The van der Waals surface area contributed by atoms with Crippen molar-refractivity contribution in [1.82, 2.24) is 9.21 Å². The predicted octanol–water partition coefficient (Wildman–Crippen LogP) is 4.28. The highest BCUT2D eigenvalue weighted by molar-refractivity contribution is 7.89. The highest BCUT2D eigenvalue weighted by Gasteiger charge is 2.36. The number of halogens is 2. The molecule has 1 aliphatic heterocycles. The summed E-state index contributed by atoms with van der Waals surface area (Å²) in [6, 6.07) is 14.9. The van der Waals surface area contributed by atoms with Crippen LogP contribution in [0.2, 0.25) is 10.0 Å². The fraction of sp³-hybridized carbons (Fsp3) is 0.368. The van der Waals surface area contributed by atoms with Crippen molar-refractivity contribution in [3.05, 3.63) is 64.1 Å². The van der Waals surface area contributed by atoms with Crippen LogP contribution in [-0.2, 0) is 16.6 Å². The summed E-state index contributed by atoms with van der Waals surface area (Å²) in [7, 11) is -3.60. The molecule has 0 amide bonds. The fourth-order valence-electron chi connectivity index (χ4n) is 3.40. The van der Waals surface area contributed by atoms with E-state index in [1.807, 2.05) is 18.2 Å². The van der Waals surface area contributed by atoms with Crippen LogP contribution >= 0.6 is 23.2 Å². The molecule has 0 aromatic heterocycles. The van der Waals surface area contributed by atoms with E-state index in [0.29, 0.717) is 18.1 Å². The molecule has 2 aromatic rings. The maximum Gasteiger partial charge on any atom is 0.243 e. The minimum atomic E-state index is -3.60. The van der Waals surface area contributed by atoms with Crippen LogP contribution in [0.4, 0.5) is 0 Å². The van der Waals surface area contributed by atoms with Crippen molar-refractivity contribution in [3.8, 4) is 0 Å². The van der Waals surface area contributed by atoms with E-state index >= 15 is 0 Å². The van der Waals surface area contributed by atoms with Crippen molar-refractivity contribution < 1.29 is 8.42 Å². The molecule has 1 fully saturated rings. The molecule has 7 heteroatoms. The average Bonchev–Trinajstić information content (AvgIpc) is 2.61. The summed E-state index contributed by atoms with van der Waals surface area (Å²) in [5, 5.41) is 0.594. The number of rotatable bonds is 4. The molecule has 0 spiro atoms. The lowest BCUT2D eigenvalue weighted by Crippen LogP contribution is -2.57. The standard InChI is InChI=1S/C19H22Cl2N2O2S/c1-14-11-22(26(24,25)17-8-9-18(20)19(21)10-17)12-15(2)23(14)13-16-6-4-3-5-7-16/h3-10,14-15H,11-13H2,1-2H3. The van der Waals surface area contributed by atoms with Gasteiger partial charge in [0.05, 0.1) is 14.9 Å². The molecule has 140 valence electrons. The van der Waals surface area contributed by atoms with Crippen molar-refractivity contribution in [2.75, 3.05) is 13.1 Å². The SMILES string of the molecule is CC1CN(S(=O)(=O)c2ccc(Cl)c(Cl)c2)CC(C)N1Cc1ccccc1. The van der Waals surface area contributed by atoms with Crippen molar-refractivity contribution in [2.45, 2.75) is 37.4 Å². The highest BCUT2D eigenvalue weighted by atomic mass is 35.5. The van der Waals surface area contributed by atoms with E-state index in [2.05, 4.69) is 30.9 Å². The summed E-state index contributed by atoms with van der Waals surface area (Å²) >= 11 is 11.9.